The summed E-state index contributed by atoms with van der Waals surface area (Å²) in [7, 11) is 0. The lowest BCUT2D eigenvalue weighted by atomic mass is 10.1. The van der Waals surface area contributed by atoms with E-state index in [0.29, 0.717) is 12.2 Å². The molecular formula is C17H19N7O3. The molecule has 0 aliphatic heterocycles. The molecule has 0 saturated carbocycles. The summed E-state index contributed by atoms with van der Waals surface area (Å²) in [6, 6.07) is 11.2. The van der Waals surface area contributed by atoms with E-state index in [1.165, 1.54) is 10.7 Å². The molecule has 0 fully saturated rings. The van der Waals surface area contributed by atoms with Crippen molar-refractivity contribution in [3.05, 3.63) is 64.1 Å². The molecule has 1 N–H and O–H groups in total. The molecule has 2 aromatic heterocycles. The number of aryl methyl sites for hydroxylation is 1. The maximum atomic E-state index is 12.4. The number of nitrogens with one attached hydrogen (secondary N) is 1. The van der Waals surface area contributed by atoms with Crippen LogP contribution in [0.5, 0.6) is 0 Å². The number of aromatic nitrogens is 5. The van der Waals surface area contributed by atoms with Gasteiger partial charge in [0, 0.05) is 0 Å². The van der Waals surface area contributed by atoms with Crippen LogP contribution in [0.4, 0.5) is 11.8 Å². The van der Waals surface area contributed by atoms with Crippen molar-refractivity contribution in [3.63, 3.8) is 0 Å². The average molecular weight is 369 g/mol. The topological polar surface area (TPSA) is 121 Å². The van der Waals surface area contributed by atoms with E-state index in [1.54, 1.807) is 24.9 Å². The molecule has 1 unspecified atom stereocenters. The maximum Gasteiger partial charge on any atom is 0.390 e. The summed E-state index contributed by atoms with van der Waals surface area (Å²) < 4.78 is 3.08. The number of carbonyl (C=O) groups is 1. The molecule has 0 aliphatic rings. The molecule has 27 heavy (non-hydrogen) atoms. The van der Waals surface area contributed by atoms with Crippen LogP contribution in [0.3, 0.4) is 0 Å². The first kappa shape index (κ1) is 18.2. The Morgan fingerprint density at radius 1 is 1.30 bits per heavy atom. The number of hydrogen-bond acceptors (Lipinski definition) is 6. The Balaban J connectivity index is 1.59. The van der Waals surface area contributed by atoms with Gasteiger partial charge < -0.3 is 10.1 Å². The van der Waals surface area contributed by atoms with Crippen LogP contribution in [0.2, 0.25) is 0 Å². The third kappa shape index (κ3) is 4.54. The summed E-state index contributed by atoms with van der Waals surface area (Å²) in [5.41, 5.74) is 1.69. The average Bonchev–Trinajstić information content (AvgIpc) is 3.22. The van der Waals surface area contributed by atoms with Gasteiger partial charge in [-0.25, -0.2) is 9.67 Å². The summed E-state index contributed by atoms with van der Waals surface area (Å²) in [4.78, 5) is 26.7. The summed E-state index contributed by atoms with van der Waals surface area (Å²) in [5.74, 6) is -0.776. The molecular weight excluding hydrogens is 350 g/mol. The second-order valence-corrected chi connectivity index (χ2v) is 6.22. The molecule has 140 valence electrons. The number of nitrogens with zero attached hydrogens (tertiary/aromatic N) is 6. The van der Waals surface area contributed by atoms with Crippen LogP contribution >= 0.6 is 0 Å². The number of anilines is 1. The van der Waals surface area contributed by atoms with Gasteiger partial charge in [-0.15, -0.1) is 5.10 Å². The number of benzene rings is 1. The summed E-state index contributed by atoms with van der Waals surface area (Å²) in [5, 5.41) is 21.6. The van der Waals surface area contributed by atoms with Gasteiger partial charge in [0.1, 0.15) is 6.33 Å². The lowest BCUT2D eigenvalue weighted by molar-refractivity contribution is -0.389. The van der Waals surface area contributed by atoms with Crippen molar-refractivity contribution in [2.75, 3.05) is 5.32 Å². The number of amides is 1. The van der Waals surface area contributed by atoms with Gasteiger partial charge >= 0.3 is 5.82 Å². The molecule has 0 bridgehead atoms. The monoisotopic (exact) mass is 369 g/mol. The zero-order chi connectivity index (χ0) is 19.4. The Morgan fingerprint density at radius 2 is 2.04 bits per heavy atom. The van der Waals surface area contributed by atoms with Crippen molar-refractivity contribution < 1.29 is 9.72 Å². The smallest absolute Gasteiger partial charge is 0.358 e. The molecule has 2 heterocycles. The van der Waals surface area contributed by atoms with Crippen LogP contribution in [-0.4, -0.2) is 35.4 Å². The standard InChI is InChI=1S/C17H19N7O3/c1-12(9-23-13(2)8-15(20-23)24(26)27)16(25)19-17-18-11-22(21-17)10-14-6-4-3-5-7-14/h3-8,11-12H,9-10H2,1-2H3,(H,19,21,25). The van der Waals surface area contributed by atoms with Crippen molar-refractivity contribution >= 4 is 17.7 Å². The Bertz CT molecular complexity index is 949. The third-order valence-corrected chi connectivity index (χ3v) is 4.01. The van der Waals surface area contributed by atoms with Gasteiger partial charge in [0.25, 0.3) is 0 Å². The number of nitro groups is 1. The van der Waals surface area contributed by atoms with E-state index in [0.717, 1.165) is 5.56 Å². The quantitative estimate of drug-likeness (QED) is 0.502. The molecule has 3 rings (SSSR count). The second-order valence-electron chi connectivity index (χ2n) is 6.22. The number of hydrogen-bond donors (Lipinski definition) is 1. The zero-order valence-electron chi connectivity index (χ0n) is 14.9. The summed E-state index contributed by atoms with van der Waals surface area (Å²) in [6.07, 6.45) is 1.55. The second kappa shape index (κ2) is 7.77. The van der Waals surface area contributed by atoms with Gasteiger partial charge in [0.15, 0.2) is 0 Å². The largest absolute Gasteiger partial charge is 0.390 e. The Morgan fingerprint density at radius 3 is 2.70 bits per heavy atom. The summed E-state index contributed by atoms with van der Waals surface area (Å²) in [6.45, 7) is 4.19. The lowest BCUT2D eigenvalue weighted by Gasteiger charge is -2.09. The van der Waals surface area contributed by atoms with E-state index >= 15 is 0 Å². The first-order valence-corrected chi connectivity index (χ1v) is 8.35. The van der Waals surface area contributed by atoms with E-state index < -0.39 is 10.8 Å². The van der Waals surface area contributed by atoms with Crippen LogP contribution in [0.15, 0.2) is 42.7 Å². The van der Waals surface area contributed by atoms with Crippen molar-refractivity contribution in [1.29, 1.82) is 0 Å². The van der Waals surface area contributed by atoms with E-state index in [9.17, 15) is 14.9 Å². The Hall–Kier alpha value is -3.56. The van der Waals surface area contributed by atoms with Crippen LogP contribution < -0.4 is 5.32 Å². The Labute approximate surface area is 155 Å². The van der Waals surface area contributed by atoms with E-state index in [1.807, 2.05) is 30.3 Å². The highest BCUT2D eigenvalue weighted by Crippen LogP contribution is 2.13. The zero-order valence-corrected chi connectivity index (χ0v) is 14.9. The SMILES string of the molecule is Cc1cc([N+](=O)[O-])nn1CC(C)C(=O)Nc1ncn(Cc2ccccc2)n1. The normalized spacial score (nSPS) is 11.9. The van der Waals surface area contributed by atoms with Gasteiger partial charge in [-0.05, 0) is 17.4 Å². The highest BCUT2D eigenvalue weighted by molar-refractivity contribution is 5.90. The fourth-order valence-electron chi connectivity index (χ4n) is 2.54. The minimum atomic E-state index is -0.558. The van der Waals surface area contributed by atoms with E-state index in [-0.39, 0.29) is 24.2 Å². The van der Waals surface area contributed by atoms with Crippen molar-refractivity contribution in [1.82, 2.24) is 24.5 Å². The van der Waals surface area contributed by atoms with Crippen molar-refractivity contribution in [2.45, 2.75) is 26.9 Å². The molecule has 0 radical (unpaired) electrons. The molecule has 3 aromatic rings. The minimum absolute atomic E-state index is 0.214. The van der Waals surface area contributed by atoms with E-state index in [2.05, 4.69) is 20.5 Å². The van der Waals surface area contributed by atoms with Crippen molar-refractivity contribution in [3.8, 4) is 0 Å². The first-order valence-electron chi connectivity index (χ1n) is 8.35. The van der Waals surface area contributed by atoms with Gasteiger partial charge in [-0.2, -0.15) is 4.68 Å². The minimum Gasteiger partial charge on any atom is -0.358 e. The highest BCUT2D eigenvalue weighted by atomic mass is 16.6. The molecule has 0 saturated heterocycles. The van der Waals surface area contributed by atoms with Gasteiger partial charge in [-0.1, -0.05) is 37.3 Å². The van der Waals surface area contributed by atoms with Crippen molar-refractivity contribution in [2.24, 2.45) is 5.92 Å². The molecule has 0 aliphatic carbocycles. The predicted octanol–water partition coefficient (Wildman–Crippen LogP) is 2.01. The lowest BCUT2D eigenvalue weighted by Crippen LogP contribution is -2.25. The van der Waals surface area contributed by atoms with Crippen LogP contribution in [0.1, 0.15) is 18.2 Å². The van der Waals surface area contributed by atoms with Crippen LogP contribution in [-0.2, 0) is 17.9 Å². The molecule has 10 heteroatoms. The number of carbonyl (C=O) groups excluding carboxylic acids is 1. The molecule has 10 nitrogen and oxygen atoms in total. The molecule has 0 spiro atoms. The molecule has 1 amide bonds. The predicted molar refractivity (Wildman–Crippen MR) is 97.0 cm³/mol. The molecule has 1 aromatic carbocycles. The third-order valence-electron chi connectivity index (χ3n) is 4.01. The fraction of sp³-hybridized carbons (Fsp3) is 0.294. The van der Waals surface area contributed by atoms with Crippen LogP contribution in [0.25, 0.3) is 0 Å². The first-order chi connectivity index (χ1) is 12.9. The Kier molecular flexibility index (Phi) is 5.25. The maximum absolute atomic E-state index is 12.4. The highest BCUT2D eigenvalue weighted by Gasteiger charge is 2.21. The van der Waals surface area contributed by atoms with Gasteiger partial charge in [0.2, 0.25) is 11.9 Å². The van der Waals surface area contributed by atoms with Gasteiger partial charge in [-0.3, -0.25) is 10.1 Å². The van der Waals surface area contributed by atoms with Gasteiger partial charge in [0.05, 0.1) is 35.9 Å². The van der Waals surface area contributed by atoms with Crippen LogP contribution in [0, 0.1) is 23.0 Å². The summed E-state index contributed by atoms with van der Waals surface area (Å²) >= 11 is 0. The number of rotatable bonds is 7. The molecule has 1 atom stereocenters. The fourth-order valence-corrected chi connectivity index (χ4v) is 2.54. The van der Waals surface area contributed by atoms with E-state index in [4.69, 9.17) is 0 Å².